The molecule has 0 saturated carbocycles. The van der Waals surface area contributed by atoms with E-state index in [0.717, 1.165) is 37.4 Å². The Morgan fingerprint density at radius 2 is 2.04 bits per heavy atom. The zero-order valence-electron chi connectivity index (χ0n) is 14.7. The number of piperazine rings is 1. The van der Waals surface area contributed by atoms with E-state index in [1.807, 2.05) is 6.07 Å². The topological polar surface area (TPSA) is 66.2 Å². The van der Waals surface area contributed by atoms with Crippen molar-refractivity contribution < 1.29 is 18.7 Å². The highest BCUT2D eigenvalue weighted by Crippen LogP contribution is 2.24. The van der Waals surface area contributed by atoms with Crippen molar-refractivity contribution in [3.63, 3.8) is 0 Å². The molecule has 2 amide bonds. The van der Waals surface area contributed by atoms with E-state index in [9.17, 15) is 9.59 Å². The Kier molecular flexibility index (Phi) is 4.41. The lowest BCUT2D eigenvalue weighted by atomic mass is 10.1. The maximum Gasteiger partial charge on any atom is 0.410 e. The van der Waals surface area contributed by atoms with Crippen LogP contribution in [0, 0.1) is 0 Å². The number of fused-ring (bicyclic) bond motifs is 1. The molecule has 3 aliphatic rings. The number of aryl methyl sites for hydroxylation is 1. The predicted molar refractivity (Wildman–Crippen MR) is 90.3 cm³/mol. The van der Waals surface area contributed by atoms with Crippen molar-refractivity contribution >= 4 is 12.0 Å². The Bertz CT molecular complexity index is 665. The summed E-state index contributed by atoms with van der Waals surface area (Å²) in [6.45, 7) is 7.07. The summed E-state index contributed by atoms with van der Waals surface area (Å²) in [4.78, 5) is 30.4. The van der Waals surface area contributed by atoms with E-state index < -0.39 is 0 Å². The molecule has 0 spiro atoms. The molecule has 0 N–H and O–H groups in total. The SMILES string of the molecule is CCc1oc(C(=O)N2CCN3C(=O)OC[C@@H]3C2)cc1CN1CCCC1. The number of hydrogen-bond acceptors (Lipinski definition) is 5. The molecular formula is C18H25N3O4. The fourth-order valence-corrected chi connectivity index (χ4v) is 4.02. The summed E-state index contributed by atoms with van der Waals surface area (Å²) in [5.41, 5.74) is 1.13. The number of carbonyl (C=O) groups is 2. The Balaban J connectivity index is 1.46. The van der Waals surface area contributed by atoms with E-state index in [1.54, 1.807) is 9.80 Å². The standard InChI is InChI=1S/C18H25N3O4/c1-2-15-13(10-19-5-3-4-6-19)9-16(25-15)17(22)20-7-8-21-14(11-20)12-24-18(21)23/h9,14H,2-8,10-12H2,1H3/t14-/m0/s1. The number of carbonyl (C=O) groups excluding carboxylic acids is 2. The van der Waals surface area contributed by atoms with E-state index in [-0.39, 0.29) is 18.0 Å². The van der Waals surface area contributed by atoms with Crippen LogP contribution < -0.4 is 0 Å². The number of nitrogens with zero attached hydrogens (tertiary/aromatic N) is 3. The van der Waals surface area contributed by atoms with Gasteiger partial charge < -0.3 is 14.1 Å². The van der Waals surface area contributed by atoms with Gasteiger partial charge in [0.25, 0.3) is 5.91 Å². The van der Waals surface area contributed by atoms with Crippen LogP contribution in [0.25, 0.3) is 0 Å². The van der Waals surface area contributed by atoms with Crippen LogP contribution in [0.2, 0.25) is 0 Å². The van der Waals surface area contributed by atoms with Crippen molar-refractivity contribution in [2.24, 2.45) is 0 Å². The Hall–Kier alpha value is -2.02. The largest absolute Gasteiger partial charge is 0.456 e. The van der Waals surface area contributed by atoms with Gasteiger partial charge in [-0.3, -0.25) is 14.6 Å². The van der Waals surface area contributed by atoms with Crippen molar-refractivity contribution in [3.8, 4) is 0 Å². The second kappa shape index (κ2) is 6.71. The van der Waals surface area contributed by atoms with Crippen molar-refractivity contribution in [3.05, 3.63) is 23.2 Å². The van der Waals surface area contributed by atoms with Gasteiger partial charge in [-0.1, -0.05) is 6.92 Å². The van der Waals surface area contributed by atoms with Crippen LogP contribution in [0.5, 0.6) is 0 Å². The molecule has 136 valence electrons. The first kappa shape index (κ1) is 16.4. The number of likely N-dealkylation sites (tertiary alicyclic amines) is 1. The maximum absolute atomic E-state index is 12.9. The smallest absolute Gasteiger partial charge is 0.410 e. The van der Waals surface area contributed by atoms with Gasteiger partial charge in [0.2, 0.25) is 0 Å². The Morgan fingerprint density at radius 1 is 1.24 bits per heavy atom. The van der Waals surface area contributed by atoms with Crippen molar-refractivity contribution in [1.82, 2.24) is 14.7 Å². The quantitative estimate of drug-likeness (QED) is 0.830. The van der Waals surface area contributed by atoms with Crippen LogP contribution in [0.15, 0.2) is 10.5 Å². The second-order valence-corrected chi connectivity index (χ2v) is 7.07. The van der Waals surface area contributed by atoms with Gasteiger partial charge in [0.1, 0.15) is 12.4 Å². The first-order valence-electron chi connectivity index (χ1n) is 9.22. The van der Waals surface area contributed by atoms with Crippen LogP contribution in [-0.4, -0.2) is 72.1 Å². The minimum atomic E-state index is -0.267. The molecule has 0 unspecified atom stereocenters. The normalized spacial score (nSPS) is 23.9. The second-order valence-electron chi connectivity index (χ2n) is 7.07. The van der Waals surface area contributed by atoms with Crippen LogP contribution >= 0.6 is 0 Å². The lowest BCUT2D eigenvalue weighted by molar-refractivity contribution is 0.0585. The summed E-state index contributed by atoms with van der Waals surface area (Å²) in [6.07, 6.45) is 3.01. The van der Waals surface area contributed by atoms with Crippen LogP contribution in [0.1, 0.15) is 41.6 Å². The Morgan fingerprint density at radius 3 is 2.80 bits per heavy atom. The molecule has 3 fully saturated rings. The van der Waals surface area contributed by atoms with Crippen molar-refractivity contribution in [2.45, 2.75) is 38.8 Å². The molecule has 4 rings (SSSR count). The lowest BCUT2D eigenvalue weighted by Crippen LogP contribution is -2.53. The molecular weight excluding hydrogens is 322 g/mol. The summed E-state index contributed by atoms with van der Waals surface area (Å²) in [7, 11) is 0. The highest BCUT2D eigenvalue weighted by atomic mass is 16.6. The highest BCUT2D eigenvalue weighted by molar-refractivity contribution is 5.92. The summed E-state index contributed by atoms with van der Waals surface area (Å²) >= 11 is 0. The van der Waals surface area contributed by atoms with Gasteiger partial charge in [0, 0.05) is 38.2 Å². The third-order valence-electron chi connectivity index (χ3n) is 5.42. The van der Waals surface area contributed by atoms with Gasteiger partial charge in [0.15, 0.2) is 5.76 Å². The van der Waals surface area contributed by atoms with E-state index in [4.69, 9.17) is 9.15 Å². The zero-order chi connectivity index (χ0) is 17.4. The molecule has 4 heterocycles. The minimum Gasteiger partial charge on any atom is -0.456 e. The monoisotopic (exact) mass is 347 g/mol. The van der Waals surface area contributed by atoms with Gasteiger partial charge in [-0.15, -0.1) is 0 Å². The van der Waals surface area contributed by atoms with Crippen molar-refractivity contribution in [2.75, 3.05) is 39.3 Å². The van der Waals surface area contributed by atoms with Gasteiger partial charge in [-0.25, -0.2) is 4.79 Å². The fourth-order valence-electron chi connectivity index (χ4n) is 4.02. The van der Waals surface area contributed by atoms with Crippen LogP contribution in [-0.2, 0) is 17.7 Å². The molecule has 1 aromatic rings. The first-order chi connectivity index (χ1) is 12.2. The molecule has 7 heteroatoms. The average molecular weight is 347 g/mol. The lowest BCUT2D eigenvalue weighted by Gasteiger charge is -2.34. The number of furan rings is 1. The fraction of sp³-hybridized carbons (Fsp3) is 0.667. The molecule has 1 aromatic heterocycles. The third-order valence-corrected chi connectivity index (χ3v) is 5.42. The minimum absolute atomic E-state index is 0.0325. The van der Waals surface area contributed by atoms with Gasteiger partial charge in [-0.2, -0.15) is 0 Å². The van der Waals surface area contributed by atoms with Crippen molar-refractivity contribution in [1.29, 1.82) is 0 Å². The Labute approximate surface area is 147 Å². The summed E-state index contributed by atoms with van der Waals surface area (Å²) in [6, 6.07) is 1.89. The van der Waals surface area contributed by atoms with Crippen LogP contribution in [0.3, 0.4) is 0 Å². The summed E-state index contributed by atoms with van der Waals surface area (Å²) in [5, 5.41) is 0. The molecule has 7 nitrogen and oxygen atoms in total. The molecule has 0 aromatic carbocycles. The van der Waals surface area contributed by atoms with Gasteiger partial charge in [0.05, 0.1) is 6.04 Å². The number of ether oxygens (including phenoxy) is 1. The molecule has 1 atom stereocenters. The third kappa shape index (κ3) is 3.13. The first-order valence-corrected chi connectivity index (χ1v) is 9.22. The molecule has 3 saturated heterocycles. The average Bonchev–Trinajstić information content (AvgIpc) is 3.35. The number of rotatable bonds is 4. The van der Waals surface area contributed by atoms with Crippen LogP contribution in [0.4, 0.5) is 4.79 Å². The van der Waals surface area contributed by atoms with Gasteiger partial charge in [-0.05, 0) is 32.0 Å². The van der Waals surface area contributed by atoms with E-state index in [2.05, 4.69) is 11.8 Å². The number of hydrogen-bond donors (Lipinski definition) is 0. The number of cyclic esters (lactones) is 1. The molecule has 3 aliphatic heterocycles. The molecule has 0 radical (unpaired) electrons. The van der Waals surface area contributed by atoms with E-state index >= 15 is 0 Å². The zero-order valence-corrected chi connectivity index (χ0v) is 14.7. The van der Waals surface area contributed by atoms with E-state index in [0.29, 0.717) is 32.0 Å². The summed E-state index contributed by atoms with van der Waals surface area (Å²) in [5.74, 6) is 1.25. The van der Waals surface area contributed by atoms with E-state index in [1.165, 1.54) is 12.8 Å². The summed E-state index contributed by atoms with van der Waals surface area (Å²) < 4.78 is 11.0. The molecule has 0 bridgehead atoms. The highest BCUT2D eigenvalue weighted by Gasteiger charge is 2.39. The molecule has 0 aliphatic carbocycles. The number of amides is 2. The predicted octanol–water partition coefficient (Wildman–Crippen LogP) is 1.71. The molecule has 25 heavy (non-hydrogen) atoms. The maximum atomic E-state index is 12.9. The van der Waals surface area contributed by atoms with Gasteiger partial charge >= 0.3 is 6.09 Å².